The van der Waals surface area contributed by atoms with Crippen molar-refractivity contribution >= 4 is 5.91 Å². The van der Waals surface area contributed by atoms with E-state index in [1.54, 1.807) is 0 Å². The van der Waals surface area contributed by atoms with Crippen LogP contribution in [0.2, 0.25) is 0 Å². The van der Waals surface area contributed by atoms with Gasteiger partial charge in [-0.2, -0.15) is 0 Å². The van der Waals surface area contributed by atoms with E-state index in [-0.39, 0.29) is 5.92 Å². The van der Waals surface area contributed by atoms with Gasteiger partial charge in [0.05, 0.1) is 13.2 Å². The zero-order chi connectivity index (χ0) is 17.2. The minimum absolute atomic E-state index is 0.215. The minimum Gasteiger partial charge on any atom is -0.379 e. The first-order valence-corrected chi connectivity index (χ1v) is 9.89. The number of carbonyl (C=O) groups excluding carboxylic acids is 1. The molecule has 1 saturated carbocycles. The molecule has 0 unspecified atom stereocenters. The summed E-state index contributed by atoms with van der Waals surface area (Å²) in [5, 5.41) is 0. The number of rotatable bonds is 4. The Morgan fingerprint density at radius 3 is 2.84 bits per heavy atom. The number of piperidine rings is 1. The third-order valence-electron chi connectivity index (χ3n) is 6.06. The molecule has 0 N–H and O–H groups in total. The predicted molar refractivity (Wildman–Crippen MR) is 98.6 cm³/mol. The number of likely N-dealkylation sites (tertiary alicyclic amines) is 1. The number of amides is 1. The van der Waals surface area contributed by atoms with E-state index in [0.29, 0.717) is 17.9 Å². The van der Waals surface area contributed by atoms with Crippen LogP contribution in [0.4, 0.5) is 0 Å². The first kappa shape index (κ1) is 17.0. The van der Waals surface area contributed by atoms with Gasteiger partial charge >= 0.3 is 0 Å². The summed E-state index contributed by atoms with van der Waals surface area (Å²) in [6, 6.07) is 9.09. The molecule has 0 aromatic heterocycles. The van der Waals surface area contributed by atoms with Crippen LogP contribution in [0.25, 0.3) is 0 Å². The van der Waals surface area contributed by atoms with E-state index in [2.05, 4.69) is 41.0 Å². The van der Waals surface area contributed by atoms with Gasteiger partial charge in [0.15, 0.2) is 0 Å². The van der Waals surface area contributed by atoms with Gasteiger partial charge in [-0.1, -0.05) is 29.8 Å². The third-order valence-corrected chi connectivity index (χ3v) is 6.06. The number of carbonyl (C=O) groups is 1. The number of hydrogen-bond acceptors (Lipinski definition) is 3. The largest absolute Gasteiger partial charge is 0.379 e. The number of ether oxygens (including phenoxy) is 1. The normalized spacial score (nSPS) is 30.3. The lowest BCUT2D eigenvalue weighted by Gasteiger charge is -2.40. The summed E-state index contributed by atoms with van der Waals surface area (Å²) in [4.78, 5) is 17.9. The maximum absolute atomic E-state index is 13.2. The van der Waals surface area contributed by atoms with Gasteiger partial charge in [-0.05, 0) is 44.1 Å². The van der Waals surface area contributed by atoms with Crippen molar-refractivity contribution < 1.29 is 9.53 Å². The van der Waals surface area contributed by atoms with Gasteiger partial charge in [-0.25, -0.2) is 0 Å². The molecule has 3 atom stereocenters. The zero-order valence-electron chi connectivity index (χ0n) is 15.3. The number of nitrogens with zero attached hydrogens (tertiary/aromatic N) is 2. The quantitative estimate of drug-likeness (QED) is 0.843. The van der Waals surface area contributed by atoms with Gasteiger partial charge in [0.1, 0.15) is 0 Å². The fourth-order valence-corrected chi connectivity index (χ4v) is 4.51. The molecule has 4 heteroatoms. The topological polar surface area (TPSA) is 32.8 Å². The van der Waals surface area contributed by atoms with Crippen LogP contribution in [0.5, 0.6) is 0 Å². The van der Waals surface area contributed by atoms with Crippen molar-refractivity contribution in [1.82, 2.24) is 9.80 Å². The van der Waals surface area contributed by atoms with Crippen LogP contribution in [-0.4, -0.2) is 61.1 Å². The van der Waals surface area contributed by atoms with E-state index in [1.165, 1.54) is 17.5 Å². The van der Waals surface area contributed by atoms with Gasteiger partial charge in [-0.3, -0.25) is 9.69 Å². The van der Waals surface area contributed by atoms with Crippen molar-refractivity contribution in [2.45, 2.75) is 44.6 Å². The summed E-state index contributed by atoms with van der Waals surface area (Å²) in [6.07, 6.45) is 4.60. The van der Waals surface area contributed by atoms with Crippen LogP contribution >= 0.6 is 0 Å². The molecule has 0 bridgehead atoms. The van der Waals surface area contributed by atoms with Crippen molar-refractivity contribution in [3.63, 3.8) is 0 Å². The summed E-state index contributed by atoms with van der Waals surface area (Å²) >= 11 is 0. The molecule has 4 nitrogen and oxygen atoms in total. The van der Waals surface area contributed by atoms with Crippen LogP contribution in [0.15, 0.2) is 24.3 Å². The molecule has 136 valence electrons. The molecular formula is C21H30N2O2. The fourth-order valence-electron chi connectivity index (χ4n) is 4.51. The van der Waals surface area contributed by atoms with Crippen LogP contribution in [-0.2, 0) is 9.53 Å². The van der Waals surface area contributed by atoms with Gasteiger partial charge in [0.2, 0.25) is 5.91 Å². The zero-order valence-corrected chi connectivity index (χ0v) is 15.3. The average molecular weight is 342 g/mol. The lowest BCUT2D eigenvalue weighted by molar-refractivity contribution is -0.137. The lowest BCUT2D eigenvalue weighted by Crippen LogP contribution is -2.51. The van der Waals surface area contributed by atoms with Gasteiger partial charge in [0.25, 0.3) is 0 Å². The second-order valence-electron chi connectivity index (χ2n) is 7.96. The second kappa shape index (κ2) is 7.46. The van der Waals surface area contributed by atoms with Gasteiger partial charge in [-0.15, -0.1) is 0 Å². The van der Waals surface area contributed by atoms with Gasteiger partial charge < -0.3 is 9.64 Å². The molecule has 1 aromatic carbocycles. The highest BCUT2D eigenvalue weighted by Gasteiger charge is 2.47. The van der Waals surface area contributed by atoms with Gasteiger partial charge in [0, 0.05) is 38.1 Å². The maximum atomic E-state index is 13.2. The fraction of sp³-hybridized carbons (Fsp3) is 0.667. The standard InChI is InChI=1S/C21H30N2O2/c1-16-5-4-6-17(13-16)19-14-20(19)21(24)23-8-3-2-7-18(23)15-22-9-11-25-12-10-22/h4-6,13,18-20H,2-3,7-12,14-15H2,1H3/t18-,19-,20+/m0/s1. The van der Waals surface area contributed by atoms with E-state index in [9.17, 15) is 4.79 Å². The van der Waals surface area contributed by atoms with E-state index >= 15 is 0 Å². The Labute approximate surface area is 151 Å². The van der Waals surface area contributed by atoms with Crippen molar-refractivity contribution in [1.29, 1.82) is 0 Å². The van der Waals surface area contributed by atoms with Crippen LogP contribution < -0.4 is 0 Å². The molecule has 2 saturated heterocycles. The molecule has 0 radical (unpaired) electrons. The minimum atomic E-state index is 0.215. The Balaban J connectivity index is 1.39. The Morgan fingerprint density at radius 2 is 2.04 bits per heavy atom. The van der Waals surface area contributed by atoms with Crippen LogP contribution in [0.1, 0.15) is 42.7 Å². The summed E-state index contributed by atoms with van der Waals surface area (Å²) in [6.45, 7) is 7.78. The highest BCUT2D eigenvalue weighted by atomic mass is 16.5. The van der Waals surface area contributed by atoms with E-state index in [4.69, 9.17) is 4.74 Å². The highest BCUT2D eigenvalue weighted by molar-refractivity contribution is 5.83. The monoisotopic (exact) mass is 342 g/mol. The summed E-state index contributed by atoms with van der Waals surface area (Å²) in [5.74, 6) is 1.06. The summed E-state index contributed by atoms with van der Waals surface area (Å²) in [5.41, 5.74) is 2.64. The summed E-state index contributed by atoms with van der Waals surface area (Å²) < 4.78 is 5.46. The van der Waals surface area contributed by atoms with Crippen molar-refractivity contribution in [3.8, 4) is 0 Å². The Bertz CT molecular complexity index is 612. The van der Waals surface area contributed by atoms with E-state index in [1.807, 2.05) is 0 Å². The Hall–Kier alpha value is -1.39. The van der Waals surface area contributed by atoms with E-state index < -0.39 is 0 Å². The average Bonchev–Trinajstić information content (AvgIpc) is 3.43. The SMILES string of the molecule is Cc1cccc([C@@H]2C[C@H]2C(=O)N2CCCC[C@H]2CN2CCOCC2)c1. The van der Waals surface area contributed by atoms with Crippen molar-refractivity contribution in [3.05, 3.63) is 35.4 Å². The molecule has 3 fully saturated rings. The van der Waals surface area contributed by atoms with Crippen LogP contribution in [0, 0.1) is 12.8 Å². The second-order valence-corrected chi connectivity index (χ2v) is 7.96. The molecule has 1 amide bonds. The molecule has 4 rings (SSSR count). The molecule has 1 aliphatic carbocycles. The Kier molecular flexibility index (Phi) is 5.09. The van der Waals surface area contributed by atoms with Crippen molar-refractivity contribution in [2.75, 3.05) is 39.4 Å². The molecule has 1 aromatic rings. The molecule has 3 aliphatic rings. The number of benzene rings is 1. The molecule has 0 spiro atoms. The smallest absolute Gasteiger partial charge is 0.226 e. The third kappa shape index (κ3) is 3.90. The number of aryl methyl sites for hydroxylation is 1. The van der Waals surface area contributed by atoms with Crippen molar-refractivity contribution in [2.24, 2.45) is 5.92 Å². The maximum Gasteiger partial charge on any atom is 0.226 e. The Morgan fingerprint density at radius 1 is 1.20 bits per heavy atom. The molecular weight excluding hydrogens is 312 g/mol. The number of hydrogen-bond donors (Lipinski definition) is 0. The molecule has 2 heterocycles. The van der Waals surface area contributed by atoms with Crippen LogP contribution in [0.3, 0.4) is 0 Å². The molecule has 25 heavy (non-hydrogen) atoms. The first-order chi connectivity index (χ1) is 12.2. The lowest BCUT2D eigenvalue weighted by atomic mass is 9.99. The highest BCUT2D eigenvalue weighted by Crippen LogP contribution is 2.49. The first-order valence-electron chi connectivity index (χ1n) is 9.89. The number of morpholine rings is 1. The summed E-state index contributed by atoms with van der Waals surface area (Å²) in [7, 11) is 0. The molecule has 2 aliphatic heterocycles. The van der Waals surface area contributed by atoms with E-state index in [0.717, 1.165) is 58.7 Å². The predicted octanol–water partition coefficient (Wildman–Crippen LogP) is 2.81.